The van der Waals surface area contributed by atoms with Crippen LogP contribution in [-0.2, 0) is 9.84 Å². The predicted molar refractivity (Wildman–Crippen MR) is 74.0 cm³/mol. The maximum absolute atomic E-state index is 13.0. The van der Waals surface area contributed by atoms with E-state index in [1.807, 2.05) is 0 Å². The van der Waals surface area contributed by atoms with Crippen molar-refractivity contribution in [2.75, 3.05) is 5.32 Å². The molecule has 2 aromatic carbocycles. The first-order valence-electron chi connectivity index (χ1n) is 6.19. The number of nitrogens with one attached hydrogen (secondary N) is 1. The highest BCUT2D eigenvalue weighted by Crippen LogP contribution is 2.30. The molecule has 128 valence electrons. The second-order valence-corrected chi connectivity index (χ2v) is 6.53. The van der Waals surface area contributed by atoms with E-state index < -0.39 is 37.8 Å². The molecule has 4 nitrogen and oxygen atoms in total. The quantitative estimate of drug-likeness (QED) is 0.847. The Morgan fingerprint density at radius 1 is 0.917 bits per heavy atom. The number of halogens is 5. The van der Waals surface area contributed by atoms with Crippen molar-refractivity contribution in [3.05, 3.63) is 59.7 Å². The van der Waals surface area contributed by atoms with Gasteiger partial charge in [-0.1, -0.05) is 0 Å². The zero-order chi connectivity index (χ0) is 18.1. The van der Waals surface area contributed by atoms with Gasteiger partial charge in [-0.05, 0) is 36.4 Å². The summed E-state index contributed by atoms with van der Waals surface area (Å²) in [5, 5.41) is 2.14. The maximum atomic E-state index is 13.0. The van der Waals surface area contributed by atoms with Gasteiger partial charge in [0.15, 0.2) is 0 Å². The average Bonchev–Trinajstić information content (AvgIpc) is 2.45. The second-order valence-electron chi connectivity index (χ2n) is 4.59. The van der Waals surface area contributed by atoms with Gasteiger partial charge in [-0.3, -0.25) is 4.79 Å². The zero-order valence-electron chi connectivity index (χ0n) is 11.6. The molecule has 10 heteroatoms. The highest BCUT2D eigenvalue weighted by Gasteiger charge is 2.46. The normalized spacial score (nSPS) is 12.0. The van der Waals surface area contributed by atoms with Gasteiger partial charge in [0.05, 0.1) is 4.90 Å². The van der Waals surface area contributed by atoms with Crippen LogP contribution in [0.1, 0.15) is 10.4 Å². The van der Waals surface area contributed by atoms with Crippen molar-refractivity contribution >= 4 is 21.4 Å². The van der Waals surface area contributed by atoms with Crippen molar-refractivity contribution in [2.45, 2.75) is 10.4 Å². The van der Waals surface area contributed by atoms with E-state index in [4.69, 9.17) is 0 Å². The molecular weight excluding hydrogens is 357 g/mol. The highest BCUT2D eigenvalue weighted by molar-refractivity contribution is 7.92. The largest absolute Gasteiger partial charge is 0.501 e. The van der Waals surface area contributed by atoms with E-state index in [0.717, 1.165) is 24.3 Å². The van der Waals surface area contributed by atoms with Crippen molar-refractivity contribution in [3.8, 4) is 0 Å². The summed E-state index contributed by atoms with van der Waals surface area (Å²) >= 11 is 0. The van der Waals surface area contributed by atoms with Gasteiger partial charge in [0.25, 0.3) is 15.7 Å². The number of rotatable bonds is 3. The van der Waals surface area contributed by atoms with Gasteiger partial charge < -0.3 is 5.32 Å². The monoisotopic (exact) mass is 365 g/mol. The molecule has 0 fully saturated rings. The van der Waals surface area contributed by atoms with Crippen LogP contribution in [0, 0.1) is 11.6 Å². The van der Waals surface area contributed by atoms with Crippen molar-refractivity contribution in [1.29, 1.82) is 0 Å². The van der Waals surface area contributed by atoms with E-state index in [9.17, 15) is 35.2 Å². The Balaban J connectivity index is 2.23. The molecule has 1 amide bonds. The smallest absolute Gasteiger partial charge is 0.322 e. The summed E-state index contributed by atoms with van der Waals surface area (Å²) in [6.07, 6.45) is 0. The highest BCUT2D eigenvalue weighted by atomic mass is 32.2. The molecule has 0 unspecified atom stereocenters. The van der Waals surface area contributed by atoms with Crippen LogP contribution in [0.2, 0.25) is 0 Å². The molecule has 0 saturated carbocycles. The molecule has 0 bridgehead atoms. The third-order valence-electron chi connectivity index (χ3n) is 2.85. The Morgan fingerprint density at radius 2 is 1.42 bits per heavy atom. The van der Waals surface area contributed by atoms with Gasteiger partial charge in [-0.25, -0.2) is 17.2 Å². The summed E-state index contributed by atoms with van der Waals surface area (Å²) in [7, 11) is -5.52. The molecule has 0 radical (unpaired) electrons. The lowest BCUT2D eigenvalue weighted by Gasteiger charge is -2.09. The van der Waals surface area contributed by atoms with E-state index >= 15 is 0 Å². The molecule has 0 heterocycles. The Labute approximate surface area is 132 Å². The molecule has 24 heavy (non-hydrogen) atoms. The minimum absolute atomic E-state index is 0.194. The fourth-order valence-electron chi connectivity index (χ4n) is 1.75. The molecule has 0 aliphatic heterocycles. The topological polar surface area (TPSA) is 63.2 Å². The number of benzene rings is 2. The van der Waals surface area contributed by atoms with E-state index in [1.165, 1.54) is 0 Å². The number of alkyl halides is 3. The lowest BCUT2D eigenvalue weighted by Crippen LogP contribution is -2.23. The minimum atomic E-state index is -5.52. The molecule has 0 saturated heterocycles. The van der Waals surface area contributed by atoms with E-state index in [-0.39, 0.29) is 11.3 Å². The van der Waals surface area contributed by atoms with Crippen molar-refractivity contribution in [3.63, 3.8) is 0 Å². The predicted octanol–water partition coefficient (Wildman–Crippen LogP) is 3.51. The third-order valence-corrected chi connectivity index (χ3v) is 4.35. The van der Waals surface area contributed by atoms with Gasteiger partial charge in [0, 0.05) is 17.3 Å². The molecule has 0 aliphatic carbocycles. The fraction of sp³-hybridized carbons (Fsp3) is 0.0714. The molecule has 0 aromatic heterocycles. The Morgan fingerprint density at radius 3 is 1.88 bits per heavy atom. The van der Waals surface area contributed by atoms with Gasteiger partial charge >= 0.3 is 5.51 Å². The summed E-state index contributed by atoms with van der Waals surface area (Å²) in [6.45, 7) is 0. The molecule has 1 N–H and O–H groups in total. The number of carbonyl (C=O) groups excluding carboxylic acids is 1. The van der Waals surface area contributed by atoms with Crippen LogP contribution in [0.4, 0.5) is 27.6 Å². The lowest BCUT2D eigenvalue weighted by atomic mass is 10.2. The zero-order valence-corrected chi connectivity index (χ0v) is 12.4. The fourth-order valence-corrected chi connectivity index (χ4v) is 2.51. The Kier molecular flexibility index (Phi) is 4.61. The molecule has 2 aromatic rings. The number of hydrogen-bond donors (Lipinski definition) is 1. The summed E-state index contributed by atoms with van der Waals surface area (Å²) < 4.78 is 85.6. The maximum Gasteiger partial charge on any atom is 0.501 e. The first-order valence-corrected chi connectivity index (χ1v) is 7.68. The van der Waals surface area contributed by atoms with Gasteiger partial charge in [0.2, 0.25) is 0 Å². The summed E-state index contributed by atoms with van der Waals surface area (Å²) in [5.74, 6) is -2.75. The molecule has 0 spiro atoms. The van der Waals surface area contributed by atoms with Crippen molar-refractivity contribution in [2.24, 2.45) is 0 Å². The summed E-state index contributed by atoms with van der Waals surface area (Å²) in [4.78, 5) is 10.8. The van der Waals surface area contributed by atoms with Crippen LogP contribution in [0.15, 0.2) is 47.4 Å². The number of hydrogen-bond acceptors (Lipinski definition) is 3. The minimum Gasteiger partial charge on any atom is -0.322 e. The first-order chi connectivity index (χ1) is 11.0. The van der Waals surface area contributed by atoms with Crippen LogP contribution >= 0.6 is 0 Å². The Hall–Kier alpha value is -2.49. The van der Waals surface area contributed by atoms with E-state index in [0.29, 0.717) is 18.2 Å². The van der Waals surface area contributed by atoms with Crippen LogP contribution in [0.25, 0.3) is 0 Å². The number of amides is 1. The van der Waals surface area contributed by atoms with Gasteiger partial charge in [-0.2, -0.15) is 13.2 Å². The summed E-state index contributed by atoms with van der Waals surface area (Å²) in [6, 6.07) is 5.19. The lowest BCUT2D eigenvalue weighted by molar-refractivity contribution is -0.0436. The van der Waals surface area contributed by atoms with Crippen LogP contribution in [0.5, 0.6) is 0 Å². The SMILES string of the molecule is O=C(Nc1cc(F)cc(F)c1)c1ccc(S(=O)(=O)C(F)(F)F)cc1. The molecule has 0 atom stereocenters. The molecular formula is C14H8F5NO3S. The van der Waals surface area contributed by atoms with Crippen molar-refractivity contribution in [1.82, 2.24) is 0 Å². The second kappa shape index (κ2) is 6.19. The summed E-state index contributed by atoms with van der Waals surface area (Å²) in [5.41, 5.74) is -5.86. The van der Waals surface area contributed by atoms with E-state index in [1.54, 1.807) is 0 Å². The van der Waals surface area contributed by atoms with Crippen molar-refractivity contribution < 1.29 is 35.2 Å². The number of anilines is 1. The number of carbonyl (C=O) groups is 1. The van der Waals surface area contributed by atoms with E-state index in [2.05, 4.69) is 5.32 Å². The average molecular weight is 365 g/mol. The van der Waals surface area contributed by atoms with Crippen LogP contribution < -0.4 is 5.32 Å². The standard InChI is InChI=1S/C14H8F5NO3S/c15-9-5-10(16)7-11(6-9)20-13(21)8-1-3-12(4-2-8)24(22,23)14(17,18)19/h1-7H,(H,20,21). The first kappa shape index (κ1) is 17.9. The van der Waals surface area contributed by atoms with Gasteiger partial charge in [0.1, 0.15) is 11.6 Å². The van der Waals surface area contributed by atoms with Gasteiger partial charge in [-0.15, -0.1) is 0 Å². The third kappa shape index (κ3) is 3.70. The number of sulfone groups is 1. The molecule has 0 aliphatic rings. The van der Waals surface area contributed by atoms with Crippen LogP contribution in [-0.4, -0.2) is 19.8 Å². The Bertz CT molecular complexity index is 856. The van der Waals surface area contributed by atoms with Crippen LogP contribution in [0.3, 0.4) is 0 Å². The molecule has 2 rings (SSSR count).